The molecule has 0 N–H and O–H groups in total. The van der Waals surface area contributed by atoms with E-state index in [4.69, 9.17) is 32.7 Å². The summed E-state index contributed by atoms with van der Waals surface area (Å²) < 4.78 is 25.4. The molecule has 2 aromatic rings. The second-order valence-electron chi connectivity index (χ2n) is 4.26. The van der Waals surface area contributed by atoms with E-state index < -0.39 is 11.2 Å². The Hall–Kier alpha value is -0.720. The summed E-state index contributed by atoms with van der Waals surface area (Å²) in [6.45, 7) is 0. The van der Waals surface area contributed by atoms with Crippen molar-refractivity contribution in [2.75, 3.05) is 14.2 Å². The first kappa shape index (κ1) is 16.6. The van der Waals surface area contributed by atoms with Crippen molar-refractivity contribution in [1.29, 1.82) is 0 Å². The average molecular weight is 441 g/mol. The smallest absolute Gasteiger partial charge is 0.163 e. The van der Waals surface area contributed by atoms with Crippen LogP contribution in [0.5, 0.6) is 11.5 Å². The van der Waals surface area contributed by atoms with Gasteiger partial charge in [-0.05, 0) is 46.4 Å². The summed E-state index contributed by atoms with van der Waals surface area (Å²) in [6, 6.07) is 8.19. The van der Waals surface area contributed by atoms with E-state index in [0.29, 0.717) is 27.6 Å². The summed E-state index contributed by atoms with van der Waals surface area (Å²) in [7, 11) is 2.94. The molecule has 6 heteroatoms. The van der Waals surface area contributed by atoms with Gasteiger partial charge in [0.1, 0.15) is 5.82 Å². The monoisotopic (exact) mass is 440 g/mol. The molecule has 0 radical (unpaired) electrons. The fourth-order valence-electron chi connectivity index (χ4n) is 1.91. The van der Waals surface area contributed by atoms with Crippen molar-refractivity contribution < 1.29 is 13.9 Å². The van der Waals surface area contributed by atoms with Gasteiger partial charge in [0.05, 0.1) is 24.6 Å². The van der Waals surface area contributed by atoms with Crippen LogP contribution < -0.4 is 9.47 Å². The van der Waals surface area contributed by atoms with Crippen LogP contribution in [-0.2, 0) is 0 Å². The highest BCUT2D eigenvalue weighted by Gasteiger charge is 2.19. The number of alkyl halides is 1. The molecule has 0 aliphatic carbocycles. The number of methoxy groups -OCH3 is 2. The summed E-state index contributed by atoms with van der Waals surface area (Å²) in [4.78, 5) is 0. The Bertz CT molecular complexity index is 664. The van der Waals surface area contributed by atoms with Crippen LogP contribution >= 0.6 is 45.8 Å². The molecule has 0 spiro atoms. The van der Waals surface area contributed by atoms with E-state index in [1.165, 1.54) is 26.4 Å². The zero-order valence-electron chi connectivity index (χ0n) is 11.3. The highest BCUT2D eigenvalue weighted by atomic mass is 127. The van der Waals surface area contributed by atoms with Crippen molar-refractivity contribution in [2.24, 2.45) is 0 Å². The molecule has 0 fully saturated rings. The van der Waals surface area contributed by atoms with E-state index in [0.717, 1.165) is 3.57 Å². The van der Waals surface area contributed by atoms with E-state index in [1.807, 2.05) is 12.1 Å². The normalized spacial score (nSPS) is 12.1. The Morgan fingerprint density at radius 3 is 2.29 bits per heavy atom. The molecule has 2 nitrogen and oxygen atoms in total. The van der Waals surface area contributed by atoms with Crippen molar-refractivity contribution in [1.82, 2.24) is 0 Å². The predicted molar refractivity (Wildman–Crippen MR) is 91.4 cm³/mol. The summed E-state index contributed by atoms with van der Waals surface area (Å²) in [5.74, 6) is 0.293. The topological polar surface area (TPSA) is 18.5 Å². The SMILES string of the molecule is COc1cc(F)c(C(Cl)c2ccc(I)c(Cl)c2)cc1OC. The highest BCUT2D eigenvalue weighted by molar-refractivity contribution is 14.1. The summed E-state index contributed by atoms with van der Waals surface area (Å²) in [6.07, 6.45) is 0. The van der Waals surface area contributed by atoms with Gasteiger partial charge in [-0.25, -0.2) is 4.39 Å². The molecule has 0 amide bonds. The first-order chi connectivity index (χ1) is 9.97. The maximum absolute atomic E-state index is 14.2. The van der Waals surface area contributed by atoms with E-state index in [-0.39, 0.29) is 0 Å². The van der Waals surface area contributed by atoms with Gasteiger partial charge in [0.2, 0.25) is 0 Å². The Labute approximate surface area is 146 Å². The molecular formula is C15H12Cl2FIO2. The second-order valence-corrected chi connectivity index (χ2v) is 6.27. The minimum absolute atomic E-state index is 0.312. The maximum Gasteiger partial charge on any atom is 0.163 e. The summed E-state index contributed by atoms with van der Waals surface area (Å²) in [5, 5.41) is -0.0843. The predicted octanol–water partition coefficient (Wildman–Crippen LogP) is 5.43. The molecular weight excluding hydrogens is 429 g/mol. The quantitative estimate of drug-likeness (QED) is 0.466. The zero-order valence-corrected chi connectivity index (χ0v) is 15.0. The van der Waals surface area contributed by atoms with Crippen LogP contribution in [0.4, 0.5) is 4.39 Å². The summed E-state index contributed by atoms with van der Waals surface area (Å²) in [5.41, 5.74) is 1.03. The number of hydrogen-bond donors (Lipinski definition) is 0. The Morgan fingerprint density at radius 2 is 1.71 bits per heavy atom. The van der Waals surface area contributed by atoms with Gasteiger partial charge in [0, 0.05) is 15.2 Å². The van der Waals surface area contributed by atoms with Crippen molar-refractivity contribution in [3.05, 3.63) is 55.9 Å². The van der Waals surface area contributed by atoms with E-state index in [2.05, 4.69) is 22.6 Å². The van der Waals surface area contributed by atoms with Crippen molar-refractivity contribution in [3.8, 4) is 11.5 Å². The standard InChI is InChI=1S/C15H12Cl2FIO2/c1-20-13-6-9(11(18)7-14(13)21-2)15(17)8-3-4-12(19)10(16)5-8/h3-7,15H,1-2H3. The van der Waals surface area contributed by atoms with E-state index in [9.17, 15) is 4.39 Å². The molecule has 1 atom stereocenters. The van der Waals surface area contributed by atoms with Crippen LogP contribution in [0.15, 0.2) is 30.3 Å². The van der Waals surface area contributed by atoms with Crippen LogP contribution in [0.2, 0.25) is 5.02 Å². The number of ether oxygens (including phenoxy) is 2. The van der Waals surface area contributed by atoms with Gasteiger partial charge in [0.15, 0.2) is 11.5 Å². The van der Waals surface area contributed by atoms with Gasteiger partial charge in [-0.15, -0.1) is 11.6 Å². The molecule has 1 unspecified atom stereocenters. The lowest BCUT2D eigenvalue weighted by Crippen LogP contribution is -2.00. The zero-order chi connectivity index (χ0) is 15.6. The van der Waals surface area contributed by atoms with Crippen molar-refractivity contribution >= 4 is 45.8 Å². The molecule has 0 saturated carbocycles. The molecule has 2 rings (SSSR count). The molecule has 0 heterocycles. The Morgan fingerprint density at radius 1 is 1.10 bits per heavy atom. The number of hydrogen-bond acceptors (Lipinski definition) is 2. The third-order valence-electron chi connectivity index (χ3n) is 3.01. The van der Waals surface area contributed by atoms with Gasteiger partial charge in [-0.2, -0.15) is 0 Å². The molecule has 2 aromatic carbocycles. The number of halogens is 4. The van der Waals surface area contributed by atoms with E-state index in [1.54, 1.807) is 6.07 Å². The molecule has 112 valence electrons. The first-order valence-electron chi connectivity index (χ1n) is 5.98. The van der Waals surface area contributed by atoms with E-state index >= 15 is 0 Å². The Kier molecular flexibility index (Phi) is 5.57. The van der Waals surface area contributed by atoms with Gasteiger partial charge < -0.3 is 9.47 Å². The van der Waals surface area contributed by atoms with Crippen molar-refractivity contribution in [3.63, 3.8) is 0 Å². The lowest BCUT2D eigenvalue weighted by Gasteiger charge is -2.15. The minimum atomic E-state index is -0.667. The first-order valence-corrected chi connectivity index (χ1v) is 7.87. The lowest BCUT2D eigenvalue weighted by molar-refractivity contribution is 0.351. The number of benzene rings is 2. The van der Waals surface area contributed by atoms with Crippen LogP contribution in [0.1, 0.15) is 16.5 Å². The largest absolute Gasteiger partial charge is 0.493 e. The molecule has 0 saturated heterocycles. The molecule has 0 aliphatic rings. The third-order valence-corrected chi connectivity index (χ3v) is 5.07. The van der Waals surface area contributed by atoms with Crippen molar-refractivity contribution in [2.45, 2.75) is 5.38 Å². The lowest BCUT2D eigenvalue weighted by atomic mass is 10.0. The van der Waals surface area contributed by atoms with Crippen LogP contribution in [0, 0.1) is 9.39 Å². The fourth-order valence-corrected chi connectivity index (χ4v) is 2.74. The molecule has 0 aliphatic heterocycles. The van der Waals surface area contributed by atoms with Gasteiger partial charge in [-0.1, -0.05) is 17.7 Å². The average Bonchev–Trinajstić information content (AvgIpc) is 2.49. The highest BCUT2D eigenvalue weighted by Crippen LogP contribution is 2.38. The third kappa shape index (κ3) is 3.55. The summed E-state index contributed by atoms with van der Waals surface area (Å²) >= 11 is 14.6. The molecule has 21 heavy (non-hydrogen) atoms. The fraction of sp³-hybridized carbons (Fsp3) is 0.200. The molecule has 0 aromatic heterocycles. The number of rotatable bonds is 4. The maximum atomic E-state index is 14.2. The van der Waals surface area contributed by atoms with Crippen LogP contribution in [-0.4, -0.2) is 14.2 Å². The van der Waals surface area contributed by atoms with Crippen LogP contribution in [0.25, 0.3) is 0 Å². The minimum Gasteiger partial charge on any atom is -0.493 e. The molecule has 0 bridgehead atoms. The van der Waals surface area contributed by atoms with Gasteiger partial charge in [0.25, 0.3) is 0 Å². The van der Waals surface area contributed by atoms with Gasteiger partial charge in [-0.3, -0.25) is 0 Å². The second kappa shape index (κ2) is 7.03. The van der Waals surface area contributed by atoms with Gasteiger partial charge >= 0.3 is 0 Å². The Balaban J connectivity index is 2.47. The van der Waals surface area contributed by atoms with Crippen LogP contribution in [0.3, 0.4) is 0 Å².